The van der Waals surface area contributed by atoms with Crippen LogP contribution in [0.5, 0.6) is 17.2 Å². The highest BCUT2D eigenvalue weighted by Gasteiger charge is 2.11. The fourth-order valence-corrected chi connectivity index (χ4v) is 3.75. The fourth-order valence-electron chi connectivity index (χ4n) is 2.92. The van der Waals surface area contributed by atoms with E-state index in [4.69, 9.17) is 51.1 Å². The van der Waals surface area contributed by atoms with Crippen LogP contribution < -0.4 is 4.74 Å². The lowest BCUT2D eigenvalue weighted by Crippen LogP contribution is -1.93. The molecule has 3 aromatic carbocycles. The van der Waals surface area contributed by atoms with E-state index in [1.165, 1.54) is 37.7 Å². The average molecular weight is 524 g/mol. The molecule has 0 atom stereocenters. The molecule has 0 aromatic heterocycles. The molecule has 0 aliphatic carbocycles. The molecule has 2 N–H and O–H groups in total. The van der Waals surface area contributed by atoms with E-state index in [9.17, 15) is 10.2 Å². The predicted molar refractivity (Wildman–Crippen MR) is 138 cm³/mol. The second-order valence-corrected chi connectivity index (χ2v) is 8.48. The van der Waals surface area contributed by atoms with Crippen molar-refractivity contribution in [3.8, 4) is 17.2 Å². The Bertz CT molecular complexity index is 1270. The normalized spacial score (nSPS) is 11.4. The van der Waals surface area contributed by atoms with Crippen LogP contribution in [0.1, 0.15) is 16.7 Å². The standard InChI is InChI=1S/C24H18Cl4N2O3/c1-3-4-13-5-14(24(32)22(6-13)33-2)11-29-20-9-17(26)18(27)10-21(20)30-12-15-7-16(25)8-19(28)23(15)31/h3,5-12,31-32H,1,4H2,2H3. The Morgan fingerprint density at radius 2 is 1.39 bits per heavy atom. The van der Waals surface area contributed by atoms with Crippen molar-refractivity contribution in [3.63, 3.8) is 0 Å². The van der Waals surface area contributed by atoms with Crippen molar-refractivity contribution in [1.82, 2.24) is 0 Å². The molecule has 3 aromatic rings. The molecule has 0 saturated heterocycles. The number of hydrogen-bond acceptors (Lipinski definition) is 5. The van der Waals surface area contributed by atoms with Gasteiger partial charge in [-0.25, -0.2) is 0 Å². The van der Waals surface area contributed by atoms with Crippen LogP contribution in [0, 0.1) is 0 Å². The third kappa shape index (κ3) is 6.01. The molecule has 3 rings (SSSR count). The predicted octanol–water partition coefficient (Wildman–Crippen LogP) is 7.95. The first-order chi connectivity index (χ1) is 15.7. The van der Waals surface area contributed by atoms with E-state index in [1.54, 1.807) is 24.3 Å². The van der Waals surface area contributed by atoms with Gasteiger partial charge in [0, 0.05) is 28.6 Å². The molecule has 5 nitrogen and oxygen atoms in total. The second-order valence-electron chi connectivity index (χ2n) is 6.83. The van der Waals surface area contributed by atoms with Gasteiger partial charge in [0.1, 0.15) is 5.75 Å². The van der Waals surface area contributed by atoms with Crippen LogP contribution in [0.15, 0.2) is 59.0 Å². The average Bonchev–Trinajstić information content (AvgIpc) is 2.77. The number of methoxy groups -OCH3 is 1. The Morgan fingerprint density at radius 3 is 1.94 bits per heavy atom. The molecule has 0 fully saturated rings. The van der Waals surface area contributed by atoms with Gasteiger partial charge in [-0.1, -0.05) is 52.5 Å². The molecular weight excluding hydrogens is 506 g/mol. The molecule has 0 aliphatic rings. The van der Waals surface area contributed by atoms with Gasteiger partial charge in [-0.3, -0.25) is 9.98 Å². The summed E-state index contributed by atoms with van der Waals surface area (Å²) in [6.45, 7) is 3.73. The number of phenols is 2. The first-order valence-corrected chi connectivity index (χ1v) is 11.0. The van der Waals surface area contributed by atoms with Crippen LogP contribution >= 0.6 is 46.4 Å². The lowest BCUT2D eigenvalue weighted by Gasteiger charge is -2.09. The zero-order chi connectivity index (χ0) is 24.1. The maximum Gasteiger partial charge on any atom is 0.166 e. The molecule has 0 bridgehead atoms. The van der Waals surface area contributed by atoms with Gasteiger partial charge in [0.15, 0.2) is 11.5 Å². The van der Waals surface area contributed by atoms with Crippen molar-refractivity contribution >= 4 is 70.2 Å². The molecular formula is C24H18Cl4N2O3. The molecule has 9 heteroatoms. The van der Waals surface area contributed by atoms with Crippen molar-refractivity contribution in [3.05, 3.63) is 85.8 Å². The molecule has 0 saturated carbocycles. The summed E-state index contributed by atoms with van der Waals surface area (Å²) in [5.74, 6) is 0.0974. The minimum absolute atomic E-state index is 0.0577. The molecule has 0 amide bonds. The highest BCUT2D eigenvalue weighted by molar-refractivity contribution is 6.42. The van der Waals surface area contributed by atoms with Crippen molar-refractivity contribution in [2.75, 3.05) is 7.11 Å². The third-order valence-corrected chi connectivity index (χ3v) is 5.75. The number of aromatic hydroxyl groups is 2. The summed E-state index contributed by atoms with van der Waals surface area (Å²) in [5, 5.41) is 21.6. The lowest BCUT2D eigenvalue weighted by atomic mass is 10.1. The Morgan fingerprint density at radius 1 is 0.818 bits per heavy atom. The number of phenolic OH excluding ortho intramolecular Hbond substituents is 2. The zero-order valence-electron chi connectivity index (χ0n) is 17.3. The summed E-state index contributed by atoms with van der Waals surface area (Å²) >= 11 is 24.3. The summed E-state index contributed by atoms with van der Waals surface area (Å²) < 4.78 is 5.25. The number of hydrogen-bond donors (Lipinski definition) is 2. The second kappa shape index (κ2) is 10.9. The number of rotatable bonds is 7. The van der Waals surface area contributed by atoms with E-state index < -0.39 is 0 Å². The van der Waals surface area contributed by atoms with Gasteiger partial charge >= 0.3 is 0 Å². The summed E-state index contributed by atoms with van der Waals surface area (Å²) in [6.07, 6.45) is 5.19. The van der Waals surface area contributed by atoms with E-state index in [0.29, 0.717) is 39.7 Å². The van der Waals surface area contributed by atoms with Crippen molar-refractivity contribution in [2.24, 2.45) is 9.98 Å². The zero-order valence-corrected chi connectivity index (χ0v) is 20.3. The highest BCUT2D eigenvalue weighted by atomic mass is 35.5. The van der Waals surface area contributed by atoms with E-state index in [2.05, 4.69) is 16.6 Å². The SMILES string of the molecule is C=CCc1cc(C=Nc2cc(Cl)c(Cl)cc2N=Cc2cc(Cl)cc(Cl)c2O)c(O)c(OC)c1. The van der Waals surface area contributed by atoms with Gasteiger partial charge in [0.05, 0.1) is 33.6 Å². The Labute approximate surface area is 211 Å². The fraction of sp³-hybridized carbons (Fsp3) is 0.0833. The smallest absolute Gasteiger partial charge is 0.166 e. The largest absolute Gasteiger partial charge is 0.506 e. The molecule has 0 heterocycles. The first kappa shape index (κ1) is 24.9. The Hall–Kier alpha value is -2.70. The summed E-state index contributed by atoms with van der Waals surface area (Å²) in [7, 11) is 1.47. The number of nitrogens with zero attached hydrogens (tertiary/aromatic N) is 2. The van der Waals surface area contributed by atoms with Crippen molar-refractivity contribution < 1.29 is 14.9 Å². The molecule has 170 valence electrons. The van der Waals surface area contributed by atoms with Gasteiger partial charge in [-0.15, -0.1) is 6.58 Å². The first-order valence-electron chi connectivity index (χ1n) is 9.49. The quantitative estimate of drug-likeness (QED) is 0.243. The van der Waals surface area contributed by atoms with Crippen molar-refractivity contribution in [1.29, 1.82) is 0 Å². The van der Waals surface area contributed by atoms with Crippen LogP contribution in [0.2, 0.25) is 20.1 Å². The molecule has 0 aliphatic heterocycles. The van der Waals surface area contributed by atoms with Gasteiger partial charge < -0.3 is 14.9 Å². The van der Waals surface area contributed by atoms with Crippen LogP contribution in [-0.2, 0) is 6.42 Å². The van der Waals surface area contributed by atoms with Crippen molar-refractivity contribution in [2.45, 2.75) is 6.42 Å². The minimum Gasteiger partial charge on any atom is -0.506 e. The van der Waals surface area contributed by atoms with Gasteiger partial charge in [0.2, 0.25) is 0 Å². The minimum atomic E-state index is -0.161. The van der Waals surface area contributed by atoms with E-state index >= 15 is 0 Å². The molecule has 0 spiro atoms. The number of allylic oxidation sites excluding steroid dienone is 1. The highest BCUT2D eigenvalue weighted by Crippen LogP contribution is 2.38. The maximum absolute atomic E-state index is 10.5. The Balaban J connectivity index is 2.05. The van der Waals surface area contributed by atoms with Crippen LogP contribution in [0.25, 0.3) is 0 Å². The monoisotopic (exact) mass is 522 g/mol. The third-order valence-electron chi connectivity index (χ3n) is 4.52. The van der Waals surface area contributed by atoms with Crippen LogP contribution in [-0.4, -0.2) is 29.8 Å². The number of ether oxygens (including phenoxy) is 1. The molecule has 0 radical (unpaired) electrons. The van der Waals surface area contributed by atoms with E-state index in [1.807, 2.05) is 0 Å². The number of aliphatic imine (C=N–C) groups is 2. The van der Waals surface area contributed by atoms with E-state index in [0.717, 1.165) is 5.56 Å². The molecule has 33 heavy (non-hydrogen) atoms. The lowest BCUT2D eigenvalue weighted by molar-refractivity contribution is 0.372. The van der Waals surface area contributed by atoms with Gasteiger partial charge in [-0.2, -0.15) is 0 Å². The van der Waals surface area contributed by atoms with Gasteiger partial charge in [0.25, 0.3) is 0 Å². The Kier molecular flexibility index (Phi) is 8.27. The summed E-state index contributed by atoms with van der Waals surface area (Å²) in [6, 6.07) is 9.51. The summed E-state index contributed by atoms with van der Waals surface area (Å²) in [5.41, 5.74) is 2.38. The van der Waals surface area contributed by atoms with Crippen LogP contribution in [0.3, 0.4) is 0 Å². The van der Waals surface area contributed by atoms with E-state index in [-0.39, 0.29) is 26.6 Å². The molecule has 0 unspecified atom stereocenters. The number of halogens is 4. The van der Waals surface area contributed by atoms with Crippen LogP contribution in [0.4, 0.5) is 11.4 Å². The summed E-state index contributed by atoms with van der Waals surface area (Å²) in [4.78, 5) is 8.83. The topological polar surface area (TPSA) is 74.4 Å². The van der Waals surface area contributed by atoms with Gasteiger partial charge in [-0.05, 0) is 48.4 Å². The maximum atomic E-state index is 10.5. The number of benzene rings is 3.